The monoisotopic (exact) mass is 424 g/mol. The van der Waals surface area contributed by atoms with Gasteiger partial charge < -0.3 is 5.73 Å². The number of para-hydroxylation sites is 1. The lowest BCUT2D eigenvalue weighted by Gasteiger charge is -2.16. The Bertz CT molecular complexity index is 1280. The van der Waals surface area contributed by atoms with Gasteiger partial charge in [-0.25, -0.2) is 4.98 Å². The van der Waals surface area contributed by atoms with Gasteiger partial charge in [0.1, 0.15) is 33.8 Å². The molecule has 0 aliphatic carbocycles. The fraction of sp³-hybridized carbons (Fsp3) is 0.0870. The Hall–Kier alpha value is -4.14. The number of hydrogen-bond acceptors (Lipinski definition) is 7. The third kappa shape index (κ3) is 3.61. The van der Waals surface area contributed by atoms with Crippen LogP contribution in [0.15, 0.2) is 70.8 Å². The van der Waals surface area contributed by atoms with E-state index in [2.05, 4.69) is 22.2 Å². The van der Waals surface area contributed by atoms with Gasteiger partial charge >= 0.3 is 0 Å². The molecule has 1 aromatic heterocycles. The number of benzene rings is 2. The highest BCUT2D eigenvalue weighted by molar-refractivity contribution is 8.01. The number of nitrogens with two attached hydrogens (primary N) is 1. The predicted molar refractivity (Wildman–Crippen MR) is 120 cm³/mol. The molecule has 8 heteroatoms. The van der Waals surface area contributed by atoms with Crippen molar-refractivity contribution in [3.8, 4) is 23.3 Å². The smallest absolute Gasteiger partial charge is 0.266 e. The van der Waals surface area contributed by atoms with E-state index in [1.165, 1.54) is 5.01 Å². The summed E-state index contributed by atoms with van der Waals surface area (Å²) in [5.41, 5.74) is 8.77. The number of aromatic nitrogens is 1. The van der Waals surface area contributed by atoms with Gasteiger partial charge in [-0.05, 0) is 24.6 Å². The first-order chi connectivity index (χ1) is 15.0. The molecule has 0 bridgehead atoms. The van der Waals surface area contributed by atoms with Gasteiger partial charge in [-0.3, -0.25) is 4.79 Å². The average molecular weight is 424 g/mol. The SMILES string of the molecule is CC1=NN(c2ccccc2)C(=O)C1Sc1nc(N)c(C#N)c(-c2ccccc2)c1C#N. The van der Waals surface area contributed by atoms with E-state index in [4.69, 9.17) is 5.73 Å². The molecule has 0 spiro atoms. The standard InChI is InChI=1S/C23H16N6OS/c1-14-20(23(30)29(28-14)16-10-6-3-7-11-16)31-22-18(13-25)19(15-8-4-2-5-9-15)17(12-24)21(26)27-22/h2-11,20H,1H3,(H2,26,27). The molecule has 0 saturated heterocycles. The van der Waals surface area contributed by atoms with Crippen LogP contribution >= 0.6 is 11.8 Å². The molecule has 2 heterocycles. The highest BCUT2D eigenvalue weighted by Crippen LogP contribution is 2.38. The van der Waals surface area contributed by atoms with Gasteiger partial charge in [-0.1, -0.05) is 60.3 Å². The highest BCUT2D eigenvalue weighted by Gasteiger charge is 2.36. The van der Waals surface area contributed by atoms with Crippen LogP contribution in [-0.4, -0.2) is 21.9 Å². The minimum Gasteiger partial charge on any atom is -0.383 e. The molecule has 1 unspecified atom stereocenters. The number of nitrogens with zero attached hydrogens (tertiary/aromatic N) is 5. The normalized spacial score (nSPS) is 15.3. The number of nitriles is 2. The number of carbonyl (C=O) groups excluding carboxylic acids is 1. The second-order valence-corrected chi connectivity index (χ2v) is 7.84. The third-order valence-electron chi connectivity index (χ3n) is 4.78. The molecule has 1 aliphatic rings. The summed E-state index contributed by atoms with van der Waals surface area (Å²) in [6.45, 7) is 1.76. The fourth-order valence-electron chi connectivity index (χ4n) is 3.33. The minimum atomic E-state index is -0.657. The van der Waals surface area contributed by atoms with E-state index in [9.17, 15) is 15.3 Å². The molecule has 1 atom stereocenters. The summed E-state index contributed by atoms with van der Waals surface area (Å²) in [7, 11) is 0. The average Bonchev–Trinajstić information content (AvgIpc) is 3.08. The molecule has 31 heavy (non-hydrogen) atoms. The maximum absolute atomic E-state index is 13.1. The van der Waals surface area contributed by atoms with Gasteiger partial charge in [-0.15, -0.1) is 0 Å². The zero-order chi connectivity index (χ0) is 22.0. The van der Waals surface area contributed by atoms with Gasteiger partial charge in [0.2, 0.25) is 0 Å². The number of carbonyl (C=O) groups is 1. The fourth-order valence-corrected chi connectivity index (χ4v) is 4.39. The van der Waals surface area contributed by atoms with Crippen LogP contribution in [0.2, 0.25) is 0 Å². The zero-order valence-electron chi connectivity index (χ0n) is 16.5. The summed E-state index contributed by atoms with van der Waals surface area (Å²) in [5.74, 6) is -0.216. The molecule has 1 amide bonds. The van der Waals surface area contributed by atoms with E-state index < -0.39 is 5.25 Å². The van der Waals surface area contributed by atoms with Gasteiger partial charge in [-0.2, -0.15) is 20.6 Å². The highest BCUT2D eigenvalue weighted by atomic mass is 32.2. The second-order valence-electron chi connectivity index (χ2n) is 6.74. The number of hydrogen-bond donors (Lipinski definition) is 1. The van der Waals surface area contributed by atoms with Crippen LogP contribution in [-0.2, 0) is 4.79 Å². The molecule has 2 aromatic carbocycles. The van der Waals surface area contributed by atoms with E-state index in [1.54, 1.807) is 31.2 Å². The summed E-state index contributed by atoms with van der Waals surface area (Å²) in [6, 6.07) is 22.4. The molecule has 0 radical (unpaired) electrons. The first-order valence-corrected chi connectivity index (χ1v) is 10.2. The number of nitrogen functional groups attached to an aromatic ring is 1. The summed E-state index contributed by atoms with van der Waals surface area (Å²) in [4.78, 5) is 17.4. The van der Waals surface area contributed by atoms with Crippen molar-refractivity contribution in [2.24, 2.45) is 5.10 Å². The molecule has 0 saturated carbocycles. The predicted octanol–water partition coefficient (Wildman–Crippen LogP) is 3.96. The summed E-state index contributed by atoms with van der Waals surface area (Å²) < 4.78 is 0. The van der Waals surface area contributed by atoms with Gasteiger partial charge in [0.05, 0.1) is 17.0 Å². The first kappa shape index (κ1) is 20.1. The maximum Gasteiger partial charge on any atom is 0.266 e. The Kier molecular flexibility index (Phi) is 5.40. The molecule has 0 fully saturated rings. The van der Waals surface area contributed by atoms with Crippen molar-refractivity contribution in [3.05, 3.63) is 71.8 Å². The Labute approximate surface area is 183 Å². The maximum atomic E-state index is 13.1. The number of anilines is 2. The van der Waals surface area contributed by atoms with Gasteiger partial charge in [0, 0.05) is 5.56 Å². The Morgan fingerprint density at radius 3 is 2.23 bits per heavy atom. The van der Waals surface area contributed by atoms with E-state index in [1.807, 2.05) is 36.4 Å². The molecule has 2 N–H and O–H groups in total. The molecular formula is C23H16N6OS. The number of hydrazone groups is 1. The van der Waals surface area contributed by atoms with Crippen molar-refractivity contribution in [2.75, 3.05) is 10.7 Å². The largest absolute Gasteiger partial charge is 0.383 e. The molecular weight excluding hydrogens is 408 g/mol. The second kappa shape index (κ2) is 8.31. The van der Waals surface area contributed by atoms with Gasteiger partial charge in [0.25, 0.3) is 5.91 Å². The van der Waals surface area contributed by atoms with Crippen LogP contribution in [0.1, 0.15) is 18.1 Å². The van der Waals surface area contributed by atoms with E-state index in [0.717, 1.165) is 11.8 Å². The van der Waals surface area contributed by atoms with Crippen LogP contribution in [0.3, 0.4) is 0 Å². The summed E-state index contributed by atoms with van der Waals surface area (Å²) in [5, 5.41) is 24.9. The van der Waals surface area contributed by atoms with Crippen molar-refractivity contribution < 1.29 is 4.79 Å². The summed E-state index contributed by atoms with van der Waals surface area (Å²) in [6.07, 6.45) is 0. The van der Waals surface area contributed by atoms with Crippen molar-refractivity contribution >= 4 is 34.9 Å². The van der Waals surface area contributed by atoms with Crippen LogP contribution < -0.4 is 10.7 Å². The van der Waals surface area contributed by atoms with Crippen LogP contribution in [0.5, 0.6) is 0 Å². The summed E-state index contributed by atoms with van der Waals surface area (Å²) >= 11 is 1.11. The number of pyridine rings is 1. The van der Waals surface area contributed by atoms with Crippen molar-refractivity contribution in [1.82, 2.24) is 4.98 Å². The lowest BCUT2D eigenvalue weighted by Crippen LogP contribution is -2.29. The number of thioether (sulfide) groups is 1. The van der Waals surface area contributed by atoms with Crippen molar-refractivity contribution in [2.45, 2.75) is 17.2 Å². The lowest BCUT2D eigenvalue weighted by atomic mass is 9.97. The Morgan fingerprint density at radius 1 is 1.00 bits per heavy atom. The van der Waals surface area contributed by atoms with Crippen LogP contribution in [0, 0.1) is 22.7 Å². The van der Waals surface area contributed by atoms with E-state index in [0.29, 0.717) is 27.6 Å². The van der Waals surface area contributed by atoms with E-state index >= 15 is 0 Å². The number of amides is 1. The van der Waals surface area contributed by atoms with Crippen molar-refractivity contribution in [1.29, 1.82) is 10.5 Å². The zero-order valence-corrected chi connectivity index (χ0v) is 17.3. The third-order valence-corrected chi connectivity index (χ3v) is 6.08. The Morgan fingerprint density at radius 2 is 1.61 bits per heavy atom. The van der Waals surface area contributed by atoms with Crippen LogP contribution in [0.4, 0.5) is 11.5 Å². The van der Waals surface area contributed by atoms with Gasteiger partial charge in [0.15, 0.2) is 0 Å². The molecule has 4 rings (SSSR count). The Balaban J connectivity index is 1.77. The minimum absolute atomic E-state index is 0.0165. The quantitative estimate of drug-likeness (QED) is 0.677. The van der Waals surface area contributed by atoms with Crippen LogP contribution in [0.25, 0.3) is 11.1 Å². The lowest BCUT2D eigenvalue weighted by molar-refractivity contribution is -0.116. The first-order valence-electron chi connectivity index (χ1n) is 9.35. The topological polar surface area (TPSA) is 119 Å². The molecule has 150 valence electrons. The molecule has 7 nitrogen and oxygen atoms in total. The number of rotatable bonds is 4. The molecule has 1 aliphatic heterocycles. The van der Waals surface area contributed by atoms with E-state index in [-0.39, 0.29) is 22.9 Å². The van der Waals surface area contributed by atoms with Crippen molar-refractivity contribution in [3.63, 3.8) is 0 Å². The molecule has 3 aromatic rings.